The SMILES string of the molecule is COCC(NC(=O)Nc1cc2[nH]nc(N(CC3CCC3)CC3CCC3)c2cn1)c1ccccc1. The van der Waals surface area contributed by atoms with Gasteiger partial charge in [-0.15, -0.1) is 0 Å². The summed E-state index contributed by atoms with van der Waals surface area (Å²) in [6.45, 7) is 2.52. The first-order valence-corrected chi connectivity index (χ1v) is 12.4. The van der Waals surface area contributed by atoms with E-state index in [1.165, 1.54) is 38.5 Å². The number of anilines is 2. The van der Waals surface area contributed by atoms with Crippen molar-refractivity contribution in [2.45, 2.75) is 44.6 Å². The average molecular weight is 463 g/mol. The summed E-state index contributed by atoms with van der Waals surface area (Å²) in [7, 11) is 1.63. The van der Waals surface area contributed by atoms with Crippen LogP contribution in [0.25, 0.3) is 10.9 Å². The molecule has 2 heterocycles. The Bertz CT molecular complexity index is 1080. The van der Waals surface area contributed by atoms with Crippen LogP contribution in [0.3, 0.4) is 0 Å². The number of carbonyl (C=O) groups excluding carboxylic acids is 1. The van der Waals surface area contributed by atoms with Crippen LogP contribution in [0.1, 0.15) is 50.1 Å². The van der Waals surface area contributed by atoms with E-state index in [-0.39, 0.29) is 12.1 Å². The number of aromatic nitrogens is 3. The zero-order valence-electron chi connectivity index (χ0n) is 19.8. The largest absolute Gasteiger partial charge is 0.382 e. The van der Waals surface area contributed by atoms with Crippen LogP contribution in [0.15, 0.2) is 42.6 Å². The van der Waals surface area contributed by atoms with E-state index in [0.29, 0.717) is 12.4 Å². The van der Waals surface area contributed by atoms with Crippen molar-refractivity contribution >= 4 is 28.6 Å². The van der Waals surface area contributed by atoms with Crippen molar-refractivity contribution in [1.82, 2.24) is 20.5 Å². The number of hydrogen-bond acceptors (Lipinski definition) is 5. The van der Waals surface area contributed by atoms with E-state index < -0.39 is 0 Å². The molecule has 2 amide bonds. The van der Waals surface area contributed by atoms with E-state index in [4.69, 9.17) is 4.74 Å². The van der Waals surface area contributed by atoms with Gasteiger partial charge in [0.15, 0.2) is 5.82 Å². The fraction of sp³-hybridized carbons (Fsp3) is 0.500. The van der Waals surface area contributed by atoms with Crippen LogP contribution < -0.4 is 15.5 Å². The summed E-state index contributed by atoms with van der Waals surface area (Å²) in [5.74, 6) is 3.01. The van der Waals surface area contributed by atoms with Gasteiger partial charge in [-0.1, -0.05) is 43.2 Å². The minimum absolute atomic E-state index is 0.250. The normalized spacial score (nSPS) is 17.1. The van der Waals surface area contributed by atoms with Gasteiger partial charge in [-0.05, 0) is 43.1 Å². The molecule has 0 aliphatic heterocycles. The summed E-state index contributed by atoms with van der Waals surface area (Å²) < 4.78 is 5.30. The Morgan fingerprint density at radius 2 is 1.85 bits per heavy atom. The van der Waals surface area contributed by atoms with E-state index >= 15 is 0 Å². The Kier molecular flexibility index (Phi) is 6.94. The van der Waals surface area contributed by atoms with Crippen LogP contribution >= 0.6 is 0 Å². The fourth-order valence-corrected chi connectivity index (χ4v) is 4.81. The molecule has 34 heavy (non-hydrogen) atoms. The van der Waals surface area contributed by atoms with Crippen LogP contribution in [0.2, 0.25) is 0 Å². The van der Waals surface area contributed by atoms with Crippen molar-refractivity contribution in [2.24, 2.45) is 11.8 Å². The maximum Gasteiger partial charge on any atom is 0.320 e. The summed E-state index contributed by atoms with van der Waals surface area (Å²) in [6, 6.07) is 11.1. The molecule has 2 aromatic heterocycles. The highest BCUT2D eigenvalue weighted by Crippen LogP contribution is 2.34. The molecular weight excluding hydrogens is 428 g/mol. The zero-order chi connectivity index (χ0) is 23.3. The van der Waals surface area contributed by atoms with Gasteiger partial charge in [0.05, 0.1) is 23.6 Å². The Hall–Kier alpha value is -3.13. The lowest BCUT2D eigenvalue weighted by Crippen LogP contribution is -2.38. The Balaban J connectivity index is 1.28. The van der Waals surface area contributed by atoms with E-state index in [2.05, 4.69) is 30.7 Å². The van der Waals surface area contributed by atoms with Gasteiger partial charge >= 0.3 is 6.03 Å². The number of urea groups is 1. The molecule has 0 radical (unpaired) electrons. The van der Waals surface area contributed by atoms with Gasteiger partial charge in [-0.25, -0.2) is 9.78 Å². The predicted octanol–water partition coefficient (Wildman–Crippen LogP) is 4.87. The second kappa shape index (κ2) is 10.4. The Morgan fingerprint density at radius 3 is 2.47 bits per heavy atom. The zero-order valence-corrected chi connectivity index (χ0v) is 19.8. The van der Waals surface area contributed by atoms with Gasteiger partial charge in [-0.2, -0.15) is 5.10 Å². The Labute approximate surface area is 200 Å². The molecule has 180 valence electrons. The van der Waals surface area contributed by atoms with Crippen molar-refractivity contribution in [2.75, 3.05) is 37.0 Å². The van der Waals surface area contributed by atoms with Gasteiger partial charge < -0.3 is 15.0 Å². The molecule has 3 N–H and O–H groups in total. The molecule has 0 bridgehead atoms. The molecule has 2 saturated carbocycles. The van der Waals surface area contributed by atoms with Crippen LogP contribution in [0.4, 0.5) is 16.4 Å². The van der Waals surface area contributed by atoms with Crippen molar-refractivity contribution in [3.05, 3.63) is 48.2 Å². The maximum absolute atomic E-state index is 12.7. The standard InChI is InChI=1S/C26H34N6O2/c1-34-17-23(20-11-3-2-4-12-20)28-26(33)29-24-13-22-21(14-27-24)25(31-30-22)32(15-18-7-5-8-18)16-19-9-6-10-19/h2-4,11-14,18-19,23H,5-10,15-17H2,1H3,(H,30,31)(H2,27,28,29,33). The molecule has 1 aromatic carbocycles. The lowest BCUT2D eigenvalue weighted by Gasteiger charge is -2.37. The minimum atomic E-state index is -0.325. The molecule has 1 atom stereocenters. The number of rotatable bonds is 10. The summed E-state index contributed by atoms with van der Waals surface area (Å²) in [4.78, 5) is 19.7. The van der Waals surface area contributed by atoms with Crippen molar-refractivity contribution in [3.8, 4) is 0 Å². The van der Waals surface area contributed by atoms with E-state index in [1.54, 1.807) is 7.11 Å². The van der Waals surface area contributed by atoms with Crippen LogP contribution in [-0.4, -0.2) is 48.0 Å². The lowest BCUT2D eigenvalue weighted by atomic mass is 9.83. The molecule has 2 aliphatic rings. The number of carbonyl (C=O) groups is 1. The summed E-state index contributed by atoms with van der Waals surface area (Å²) in [5, 5.41) is 14.7. The van der Waals surface area contributed by atoms with Gasteiger partial charge in [0.1, 0.15) is 5.82 Å². The summed E-state index contributed by atoms with van der Waals surface area (Å²) >= 11 is 0. The van der Waals surface area contributed by atoms with Gasteiger partial charge in [0.2, 0.25) is 0 Å². The quantitative estimate of drug-likeness (QED) is 0.399. The van der Waals surface area contributed by atoms with Crippen LogP contribution in [0.5, 0.6) is 0 Å². The number of hydrogen-bond donors (Lipinski definition) is 3. The van der Waals surface area contributed by atoms with Crippen molar-refractivity contribution in [1.29, 1.82) is 0 Å². The number of nitrogens with zero attached hydrogens (tertiary/aromatic N) is 3. The third kappa shape index (κ3) is 5.17. The third-order valence-electron chi connectivity index (χ3n) is 7.22. The topological polar surface area (TPSA) is 95.2 Å². The fourth-order valence-electron chi connectivity index (χ4n) is 4.81. The first-order chi connectivity index (χ1) is 16.7. The van der Waals surface area contributed by atoms with Gasteiger partial charge in [0.25, 0.3) is 0 Å². The smallest absolute Gasteiger partial charge is 0.320 e. The molecule has 1 unspecified atom stereocenters. The molecule has 5 rings (SSSR count). The van der Waals surface area contributed by atoms with E-state index in [0.717, 1.165) is 47.2 Å². The highest BCUT2D eigenvalue weighted by molar-refractivity contribution is 5.94. The Morgan fingerprint density at radius 1 is 1.15 bits per heavy atom. The number of aromatic amines is 1. The number of methoxy groups -OCH3 is 1. The van der Waals surface area contributed by atoms with Crippen LogP contribution in [0, 0.1) is 11.8 Å². The van der Waals surface area contributed by atoms with E-state index in [9.17, 15) is 4.79 Å². The van der Waals surface area contributed by atoms with Gasteiger partial charge in [0, 0.05) is 32.5 Å². The molecule has 2 fully saturated rings. The van der Waals surface area contributed by atoms with Crippen molar-refractivity contribution in [3.63, 3.8) is 0 Å². The molecule has 3 aromatic rings. The predicted molar refractivity (Wildman–Crippen MR) is 134 cm³/mol. The number of nitrogens with one attached hydrogen (secondary N) is 3. The van der Waals surface area contributed by atoms with Crippen molar-refractivity contribution < 1.29 is 9.53 Å². The summed E-state index contributed by atoms with van der Waals surface area (Å²) in [6.07, 6.45) is 9.78. The number of benzene rings is 1. The van der Waals surface area contributed by atoms with E-state index in [1.807, 2.05) is 42.6 Å². The monoisotopic (exact) mass is 462 g/mol. The maximum atomic E-state index is 12.7. The number of H-pyrrole nitrogens is 1. The lowest BCUT2D eigenvalue weighted by molar-refractivity contribution is 0.168. The number of fused-ring (bicyclic) bond motifs is 1. The number of amides is 2. The van der Waals surface area contributed by atoms with Crippen LogP contribution in [-0.2, 0) is 4.74 Å². The third-order valence-corrected chi connectivity index (χ3v) is 7.22. The van der Waals surface area contributed by atoms with Gasteiger partial charge in [-0.3, -0.25) is 10.4 Å². The molecule has 0 saturated heterocycles. The average Bonchev–Trinajstić information content (AvgIpc) is 3.20. The molecule has 2 aliphatic carbocycles. The second-order valence-electron chi connectivity index (χ2n) is 9.68. The number of ether oxygens (including phenoxy) is 1. The molecule has 8 heteroatoms. The first-order valence-electron chi connectivity index (χ1n) is 12.4. The number of pyridine rings is 1. The highest BCUT2D eigenvalue weighted by Gasteiger charge is 2.27. The highest BCUT2D eigenvalue weighted by atomic mass is 16.5. The minimum Gasteiger partial charge on any atom is -0.382 e. The molecular formula is C26H34N6O2. The first kappa shape index (κ1) is 22.7. The second-order valence-corrected chi connectivity index (χ2v) is 9.68. The molecule has 0 spiro atoms. The molecule has 8 nitrogen and oxygen atoms in total. The summed E-state index contributed by atoms with van der Waals surface area (Å²) in [5.41, 5.74) is 1.86.